The van der Waals surface area contributed by atoms with Crippen LogP contribution in [0, 0.1) is 0 Å². The van der Waals surface area contributed by atoms with Gasteiger partial charge in [-0.2, -0.15) is 0 Å². The van der Waals surface area contributed by atoms with Crippen molar-refractivity contribution in [2.45, 2.75) is 32.2 Å². The van der Waals surface area contributed by atoms with Gasteiger partial charge in [0.25, 0.3) is 0 Å². The van der Waals surface area contributed by atoms with E-state index in [1.165, 1.54) is 5.56 Å². The summed E-state index contributed by atoms with van der Waals surface area (Å²) in [4.78, 5) is 16.5. The third kappa shape index (κ3) is 6.68. The minimum absolute atomic E-state index is 0.286. The van der Waals surface area contributed by atoms with E-state index in [0.29, 0.717) is 0 Å². The van der Waals surface area contributed by atoms with Crippen LogP contribution in [0.1, 0.15) is 31.2 Å². The Balaban J connectivity index is 2.09. The van der Waals surface area contributed by atoms with Gasteiger partial charge >= 0.3 is 5.97 Å². The maximum absolute atomic E-state index is 10.3. The second-order valence-corrected chi connectivity index (χ2v) is 4.30. The summed E-state index contributed by atoms with van der Waals surface area (Å²) < 4.78 is 0. The van der Waals surface area contributed by atoms with Crippen LogP contribution in [-0.2, 0) is 11.3 Å². The molecule has 0 aromatic carbocycles. The van der Waals surface area contributed by atoms with Crippen molar-refractivity contribution in [1.29, 1.82) is 0 Å². The number of unbranched alkanes of at least 4 members (excludes halogenated alkanes) is 2. The summed E-state index contributed by atoms with van der Waals surface area (Å²) in [5.41, 5.74) is 1.26. The van der Waals surface area contributed by atoms with Crippen molar-refractivity contribution in [2.75, 3.05) is 13.6 Å². The first-order chi connectivity index (χ1) is 8.18. The predicted molar refractivity (Wildman–Crippen MR) is 66.7 cm³/mol. The van der Waals surface area contributed by atoms with E-state index in [1.54, 1.807) is 12.4 Å². The summed E-state index contributed by atoms with van der Waals surface area (Å²) in [7, 11) is 2.08. The van der Waals surface area contributed by atoms with Crippen molar-refractivity contribution >= 4 is 5.97 Å². The first-order valence-corrected chi connectivity index (χ1v) is 5.97. The molecular formula is C13H20N2O2. The average molecular weight is 236 g/mol. The Morgan fingerprint density at radius 3 is 2.65 bits per heavy atom. The average Bonchev–Trinajstić information content (AvgIpc) is 2.29. The first-order valence-electron chi connectivity index (χ1n) is 5.97. The van der Waals surface area contributed by atoms with Gasteiger partial charge < -0.3 is 10.0 Å². The van der Waals surface area contributed by atoms with Gasteiger partial charge in [-0.1, -0.05) is 6.42 Å². The highest BCUT2D eigenvalue weighted by molar-refractivity contribution is 5.66. The minimum atomic E-state index is -0.699. The molecule has 0 amide bonds. The Labute approximate surface area is 102 Å². The highest BCUT2D eigenvalue weighted by atomic mass is 16.4. The van der Waals surface area contributed by atoms with Gasteiger partial charge in [-0.25, -0.2) is 0 Å². The fourth-order valence-electron chi connectivity index (χ4n) is 1.71. The summed E-state index contributed by atoms with van der Waals surface area (Å²) in [5.74, 6) is -0.699. The minimum Gasteiger partial charge on any atom is -0.481 e. The van der Waals surface area contributed by atoms with Gasteiger partial charge in [0.05, 0.1) is 0 Å². The molecule has 0 fully saturated rings. The van der Waals surface area contributed by atoms with Crippen LogP contribution in [-0.4, -0.2) is 34.6 Å². The molecule has 1 heterocycles. The summed E-state index contributed by atoms with van der Waals surface area (Å²) in [6.45, 7) is 1.92. The fraction of sp³-hybridized carbons (Fsp3) is 0.538. The Morgan fingerprint density at radius 2 is 2.00 bits per heavy atom. The third-order valence-corrected chi connectivity index (χ3v) is 2.63. The highest BCUT2D eigenvalue weighted by Gasteiger charge is 2.01. The van der Waals surface area contributed by atoms with Crippen molar-refractivity contribution in [3.05, 3.63) is 30.1 Å². The van der Waals surface area contributed by atoms with E-state index in [2.05, 4.69) is 16.9 Å². The van der Waals surface area contributed by atoms with Gasteiger partial charge in [0, 0.05) is 25.4 Å². The first kappa shape index (κ1) is 13.6. The van der Waals surface area contributed by atoms with Gasteiger partial charge in [-0.05, 0) is 44.1 Å². The number of nitrogens with zero attached hydrogens (tertiary/aromatic N) is 2. The van der Waals surface area contributed by atoms with Crippen molar-refractivity contribution in [3.8, 4) is 0 Å². The molecule has 0 aliphatic rings. The van der Waals surface area contributed by atoms with Gasteiger partial charge in [0.15, 0.2) is 0 Å². The van der Waals surface area contributed by atoms with Gasteiger partial charge in [0.2, 0.25) is 0 Å². The van der Waals surface area contributed by atoms with E-state index in [4.69, 9.17) is 5.11 Å². The SMILES string of the molecule is CN(CCCCCC(=O)O)Cc1ccncc1. The lowest BCUT2D eigenvalue weighted by molar-refractivity contribution is -0.137. The molecule has 4 nitrogen and oxygen atoms in total. The Bertz CT molecular complexity index is 327. The van der Waals surface area contributed by atoms with E-state index in [9.17, 15) is 4.79 Å². The van der Waals surface area contributed by atoms with Crippen LogP contribution in [0.3, 0.4) is 0 Å². The molecule has 1 aromatic heterocycles. The van der Waals surface area contributed by atoms with Crippen LogP contribution in [0.4, 0.5) is 0 Å². The number of pyridine rings is 1. The number of aromatic nitrogens is 1. The molecule has 1 rings (SSSR count). The van der Waals surface area contributed by atoms with Crippen LogP contribution >= 0.6 is 0 Å². The second-order valence-electron chi connectivity index (χ2n) is 4.30. The zero-order valence-electron chi connectivity index (χ0n) is 10.3. The molecule has 0 aliphatic carbocycles. The molecule has 0 unspecified atom stereocenters. The highest BCUT2D eigenvalue weighted by Crippen LogP contribution is 2.04. The van der Waals surface area contributed by atoms with Crippen molar-refractivity contribution in [2.24, 2.45) is 0 Å². The molecule has 4 heteroatoms. The normalized spacial score (nSPS) is 10.7. The number of carbonyl (C=O) groups is 1. The van der Waals surface area contributed by atoms with Crippen LogP contribution in [0.5, 0.6) is 0 Å². The molecule has 0 aliphatic heterocycles. The molecule has 0 bridgehead atoms. The van der Waals surface area contributed by atoms with Gasteiger partial charge in [0.1, 0.15) is 0 Å². The number of hydrogen-bond acceptors (Lipinski definition) is 3. The Morgan fingerprint density at radius 1 is 1.29 bits per heavy atom. The van der Waals surface area contributed by atoms with Gasteiger partial charge in [-0.3, -0.25) is 9.78 Å². The third-order valence-electron chi connectivity index (χ3n) is 2.63. The number of hydrogen-bond donors (Lipinski definition) is 1. The number of aliphatic carboxylic acids is 1. The van der Waals surface area contributed by atoms with Crippen molar-refractivity contribution in [1.82, 2.24) is 9.88 Å². The maximum atomic E-state index is 10.3. The smallest absolute Gasteiger partial charge is 0.303 e. The van der Waals surface area contributed by atoms with Crippen LogP contribution in [0.25, 0.3) is 0 Å². The summed E-state index contributed by atoms with van der Waals surface area (Å²) in [6, 6.07) is 4.03. The maximum Gasteiger partial charge on any atom is 0.303 e. The lowest BCUT2D eigenvalue weighted by Crippen LogP contribution is -2.19. The predicted octanol–water partition coefficient (Wildman–Crippen LogP) is 2.16. The summed E-state index contributed by atoms with van der Waals surface area (Å²) >= 11 is 0. The molecular weight excluding hydrogens is 216 g/mol. The molecule has 1 N–H and O–H groups in total. The largest absolute Gasteiger partial charge is 0.481 e. The van der Waals surface area contributed by atoms with Crippen LogP contribution in [0.15, 0.2) is 24.5 Å². The van der Waals surface area contributed by atoms with E-state index < -0.39 is 5.97 Å². The van der Waals surface area contributed by atoms with E-state index in [0.717, 1.165) is 32.4 Å². The molecule has 0 saturated carbocycles. The summed E-state index contributed by atoms with van der Waals surface area (Å²) in [6.07, 6.45) is 6.69. The van der Waals surface area contributed by atoms with Crippen molar-refractivity contribution < 1.29 is 9.90 Å². The lowest BCUT2D eigenvalue weighted by Gasteiger charge is -2.16. The number of carboxylic acids is 1. The van der Waals surface area contributed by atoms with Crippen LogP contribution in [0.2, 0.25) is 0 Å². The summed E-state index contributed by atoms with van der Waals surface area (Å²) in [5, 5.41) is 8.50. The number of carboxylic acid groups (broad SMARTS) is 1. The molecule has 0 saturated heterocycles. The lowest BCUT2D eigenvalue weighted by atomic mass is 10.2. The molecule has 94 valence electrons. The molecule has 0 atom stereocenters. The topological polar surface area (TPSA) is 53.4 Å². The quantitative estimate of drug-likeness (QED) is 0.703. The number of rotatable bonds is 8. The standard InChI is InChI=1S/C13H20N2O2/c1-15(10-4-2-3-5-13(16)17)11-12-6-8-14-9-7-12/h6-9H,2-5,10-11H2,1H3,(H,16,17). The monoisotopic (exact) mass is 236 g/mol. The van der Waals surface area contributed by atoms with E-state index in [1.807, 2.05) is 12.1 Å². The van der Waals surface area contributed by atoms with Crippen LogP contribution < -0.4 is 0 Å². The zero-order chi connectivity index (χ0) is 12.5. The molecule has 1 aromatic rings. The fourth-order valence-corrected chi connectivity index (χ4v) is 1.71. The van der Waals surface area contributed by atoms with E-state index >= 15 is 0 Å². The molecule has 0 radical (unpaired) electrons. The van der Waals surface area contributed by atoms with Crippen molar-refractivity contribution in [3.63, 3.8) is 0 Å². The molecule has 0 spiro atoms. The second kappa shape index (κ2) is 7.79. The van der Waals surface area contributed by atoms with E-state index in [-0.39, 0.29) is 6.42 Å². The molecule has 17 heavy (non-hydrogen) atoms. The Kier molecular flexibility index (Phi) is 6.25. The Hall–Kier alpha value is -1.42. The zero-order valence-corrected chi connectivity index (χ0v) is 10.3. The van der Waals surface area contributed by atoms with Gasteiger partial charge in [-0.15, -0.1) is 0 Å².